The zero-order chi connectivity index (χ0) is 13.8. The fraction of sp³-hybridized carbons (Fsp3) is 0.692. The standard InChI is InChI=1S/C13H20BrN3O2/c1-3-5-16-6-7-19-11(9-16)13(18)12-10(14)8-15-17(12)4-2/h8,11H,3-7,9H2,1-2H3. The summed E-state index contributed by atoms with van der Waals surface area (Å²) in [6.07, 6.45) is 2.39. The van der Waals surface area contributed by atoms with Gasteiger partial charge in [0.05, 0.1) is 17.3 Å². The van der Waals surface area contributed by atoms with Crippen LogP contribution in [-0.2, 0) is 11.3 Å². The van der Waals surface area contributed by atoms with E-state index in [1.807, 2.05) is 6.92 Å². The van der Waals surface area contributed by atoms with Crippen molar-refractivity contribution in [3.05, 3.63) is 16.4 Å². The van der Waals surface area contributed by atoms with Gasteiger partial charge in [-0.2, -0.15) is 5.10 Å². The van der Waals surface area contributed by atoms with Crippen molar-refractivity contribution in [2.45, 2.75) is 32.9 Å². The normalized spacial score (nSPS) is 20.7. The Kier molecular flexibility index (Phi) is 5.13. The molecule has 1 aliphatic rings. The third-order valence-electron chi connectivity index (χ3n) is 3.31. The fourth-order valence-corrected chi connectivity index (χ4v) is 2.87. The van der Waals surface area contributed by atoms with Gasteiger partial charge in [0.15, 0.2) is 0 Å². The second-order valence-corrected chi connectivity index (χ2v) is 5.54. The molecule has 1 fully saturated rings. The number of ether oxygens (including phenoxy) is 1. The van der Waals surface area contributed by atoms with Crippen LogP contribution in [0.5, 0.6) is 0 Å². The van der Waals surface area contributed by atoms with Crippen LogP contribution in [0.3, 0.4) is 0 Å². The van der Waals surface area contributed by atoms with Crippen molar-refractivity contribution in [1.82, 2.24) is 14.7 Å². The molecule has 1 atom stereocenters. The minimum Gasteiger partial charge on any atom is -0.367 e. The Labute approximate surface area is 122 Å². The predicted molar refractivity (Wildman–Crippen MR) is 76.4 cm³/mol. The summed E-state index contributed by atoms with van der Waals surface area (Å²) in [5, 5.41) is 4.19. The van der Waals surface area contributed by atoms with Crippen LogP contribution in [0, 0.1) is 0 Å². The van der Waals surface area contributed by atoms with Gasteiger partial charge in [0.25, 0.3) is 0 Å². The monoisotopic (exact) mass is 329 g/mol. The van der Waals surface area contributed by atoms with Gasteiger partial charge in [0, 0.05) is 19.6 Å². The lowest BCUT2D eigenvalue weighted by atomic mass is 10.1. The maximum absolute atomic E-state index is 12.6. The van der Waals surface area contributed by atoms with Crippen LogP contribution in [0.1, 0.15) is 30.8 Å². The topological polar surface area (TPSA) is 47.4 Å². The van der Waals surface area contributed by atoms with Crippen LogP contribution in [0.15, 0.2) is 10.7 Å². The molecule has 1 saturated heterocycles. The van der Waals surface area contributed by atoms with Crippen molar-refractivity contribution in [2.75, 3.05) is 26.2 Å². The molecular weight excluding hydrogens is 310 g/mol. The Morgan fingerprint density at radius 1 is 1.58 bits per heavy atom. The molecule has 2 heterocycles. The highest BCUT2D eigenvalue weighted by atomic mass is 79.9. The zero-order valence-electron chi connectivity index (χ0n) is 11.4. The Balaban J connectivity index is 2.12. The van der Waals surface area contributed by atoms with Crippen molar-refractivity contribution in [2.24, 2.45) is 0 Å². The first-order valence-electron chi connectivity index (χ1n) is 6.76. The van der Waals surface area contributed by atoms with Gasteiger partial charge in [-0.3, -0.25) is 14.4 Å². The lowest BCUT2D eigenvalue weighted by Gasteiger charge is -2.31. The Bertz CT molecular complexity index is 445. The summed E-state index contributed by atoms with van der Waals surface area (Å²) >= 11 is 3.40. The smallest absolute Gasteiger partial charge is 0.211 e. The van der Waals surface area contributed by atoms with Crippen molar-refractivity contribution in [1.29, 1.82) is 0 Å². The molecule has 1 aromatic rings. The first kappa shape index (κ1) is 14.7. The first-order chi connectivity index (χ1) is 9.17. The number of rotatable bonds is 5. The highest BCUT2D eigenvalue weighted by Gasteiger charge is 2.30. The number of hydrogen-bond acceptors (Lipinski definition) is 4. The Hall–Kier alpha value is -0.720. The molecule has 0 spiro atoms. The number of carbonyl (C=O) groups is 1. The molecular formula is C13H20BrN3O2. The number of aryl methyl sites for hydroxylation is 1. The van der Waals surface area contributed by atoms with Gasteiger partial charge in [-0.1, -0.05) is 6.92 Å². The van der Waals surface area contributed by atoms with Gasteiger partial charge >= 0.3 is 0 Å². The summed E-state index contributed by atoms with van der Waals surface area (Å²) in [5.41, 5.74) is 0.617. The van der Waals surface area contributed by atoms with Gasteiger partial charge in [0.1, 0.15) is 11.8 Å². The number of Topliss-reactive ketones (excluding diaryl/α,β-unsaturated/α-hetero) is 1. The van der Waals surface area contributed by atoms with Crippen molar-refractivity contribution in [3.63, 3.8) is 0 Å². The number of halogens is 1. The molecule has 19 heavy (non-hydrogen) atoms. The highest BCUT2D eigenvalue weighted by Crippen LogP contribution is 2.20. The number of carbonyl (C=O) groups excluding carboxylic acids is 1. The quantitative estimate of drug-likeness (QED) is 0.775. The molecule has 5 nitrogen and oxygen atoms in total. The minimum atomic E-state index is -0.376. The van der Waals surface area contributed by atoms with Gasteiger partial charge in [0.2, 0.25) is 5.78 Å². The van der Waals surface area contributed by atoms with Crippen molar-refractivity contribution in [3.8, 4) is 0 Å². The van der Waals surface area contributed by atoms with Crippen LogP contribution in [0.4, 0.5) is 0 Å². The number of nitrogens with zero attached hydrogens (tertiary/aromatic N) is 3. The largest absolute Gasteiger partial charge is 0.367 e. The molecule has 0 radical (unpaired) electrons. The molecule has 2 rings (SSSR count). The minimum absolute atomic E-state index is 0.0204. The van der Waals surface area contributed by atoms with E-state index < -0.39 is 0 Å². The SMILES string of the molecule is CCCN1CCOC(C(=O)c2c(Br)cnn2CC)C1. The third-order valence-corrected chi connectivity index (χ3v) is 3.89. The average Bonchev–Trinajstić information content (AvgIpc) is 2.80. The van der Waals surface area contributed by atoms with Gasteiger partial charge in [-0.05, 0) is 35.8 Å². The molecule has 0 aromatic carbocycles. The van der Waals surface area contributed by atoms with Crippen LogP contribution in [0.25, 0.3) is 0 Å². The average molecular weight is 330 g/mol. The molecule has 0 saturated carbocycles. The lowest BCUT2D eigenvalue weighted by Crippen LogP contribution is -2.46. The number of aromatic nitrogens is 2. The summed E-state index contributed by atoms with van der Waals surface area (Å²) in [7, 11) is 0. The summed E-state index contributed by atoms with van der Waals surface area (Å²) in [6, 6.07) is 0. The van der Waals surface area contributed by atoms with Crippen LogP contribution in [0.2, 0.25) is 0 Å². The van der Waals surface area contributed by atoms with Gasteiger partial charge in [-0.25, -0.2) is 0 Å². The van der Waals surface area contributed by atoms with E-state index in [2.05, 4.69) is 32.9 Å². The Morgan fingerprint density at radius 2 is 2.37 bits per heavy atom. The van der Waals surface area contributed by atoms with E-state index in [-0.39, 0.29) is 11.9 Å². The lowest BCUT2D eigenvalue weighted by molar-refractivity contribution is -0.0169. The van der Waals surface area contributed by atoms with E-state index in [0.29, 0.717) is 25.4 Å². The van der Waals surface area contributed by atoms with Crippen molar-refractivity contribution >= 4 is 21.7 Å². The number of hydrogen-bond donors (Lipinski definition) is 0. The molecule has 0 amide bonds. The van der Waals surface area contributed by atoms with Crippen LogP contribution < -0.4 is 0 Å². The second-order valence-electron chi connectivity index (χ2n) is 4.68. The molecule has 106 valence electrons. The van der Waals surface area contributed by atoms with Gasteiger partial charge < -0.3 is 4.74 Å². The first-order valence-corrected chi connectivity index (χ1v) is 7.56. The van der Waals surface area contributed by atoms with Gasteiger partial charge in [-0.15, -0.1) is 0 Å². The van der Waals surface area contributed by atoms with Crippen LogP contribution in [-0.4, -0.2) is 52.8 Å². The van der Waals surface area contributed by atoms with E-state index in [0.717, 1.165) is 24.0 Å². The molecule has 1 aliphatic heterocycles. The fourth-order valence-electron chi connectivity index (χ4n) is 2.38. The van der Waals surface area contributed by atoms with E-state index in [4.69, 9.17) is 4.74 Å². The van der Waals surface area contributed by atoms with E-state index in [1.165, 1.54) is 0 Å². The summed E-state index contributed by atoms with van der Waals surface area (Å²) in [6.45, 7) is 8.02. The van der Waals surface area contributed by atoms with E-state index in [9.17, 15) is 4.79 Å². The summed E-state index contributed by atoms with van der Waals surface area (Å²) in [4.78, 5) is 14.9. The number of morpholine rings is 1. The molecule has 0 N–H and O–H groups in total. The Morgan fingerprint density at radius 3 is 3.05 bits per heavy atom. The highest BCUT2D eigenvalue weighted by molar-refractivity contribution is 9.10. The molecule has 1 aromatic heterocycles. The van der Waals surface area contributed by atoms with Crippen molar-refractivity contribution < 1.29 is 9.53 Å². The summed E-state index contributed by atoms with van der Waals surface area (Å²) < 4.78 is 8.10. The second kappa shape index (κ2) is 6.63. The van der Waals surface area contributed by atoms with E-state index >= 15 is 0 Å². The molecule has 0 aliphatic carbocycles. The maximum atomic E-state index is 12.6. The zero-order valence-corrected chi connectivity index (χ0v) is 13.0. The van der Waals surface area contributed by atoms with Crippen LogP contribution >= 0.6 is 15.9 Å². The molecule has 1 unspecified atom stereocenters. The van der Waals surface area contributed by atoms with E-state index in [1.54, 1.807) is 10.9 Å². The number of ketones is 1. The molecule has 6 heteroatoms. The molecule has 0 bridgehead atoms. The maximum Gasteiger partial charge on any atom is 0.211 e. The predicted octanol–water partition coefficient (Wildman–Crippen LogP) is 1.96. The third kappa shape index (κ3) is 3.24. The summed E-state index contributed by atoms with van der Waals surface area (Å²) in [5.74, 6) is 0.0204.